The smallest absolute Gasteiger partial charge is 0.167 e. The highest BCUT2D eigenvalue weighted by Crippen LogP contribution is 2.16. The zero-order chi connectivity index (χ0) is 9.10. The first-order chi connectivity index (χ1) is 6.34. The van der Waals surface area contributed by atoms with Crippen LogP contribution >= 0.6 is 0 Å². The van der Waals surface area contributed by atoms with Gasteiger partial charge in [0.2, 0.25) is 0 Å². The molecule has 2 heteroatoms. The van der Waals surface area contributed by atoms with Gasteiger partial charge in [-0.1, -0.05) is 30.3 Å². The maximum absolute atomic E-state index is 10.9. The molecule has 1 atom stereocenters. The summed E-state index contributed by atoms with van der Waals surface area (Å²) >= 11 is 0. The molecule has 0 saturated carbocycles. The molecule has 1 fully saturated rings. The van der Waals surface area contributed by atoms with Crippen LogP contribution in [0.2, 0.25) is 0 Å². The Bertz CT molecular complexity index is 292. The summed E-state index contributed by atoms with van der Waals surface area (Å²) in [5, 5.41) is 0. The van der Waals surface area contributed by atoms with Gasteiger partial charge in [0.05, 0.1) is 6.10 Å². The summed E-state index contributed by atoms with van der Waals surface area (Å²) in [5.74, 6) is 0.0981. The first-order valence-corrected chi connectivity index (χ1v) is 4.40. The average molecular weight is 175 g/mol. The third kappa shape index (κ3) is 2.16. The van der Waals surface area contributed by atoms with Gasteiger partial charge in [-0.15, -0.1) is 0 Å². The summed E-state index contributed by atoms with van der Waals surface area (Å²) < 4.78 is 5.19. The largest absolute Gasteiger partial charge is 0.363 e. The maximum atomic E-state index is 10.9. The molecule has 1 heterocycles. The predicted molar refractivity (Wildman–Crippen MR) is 48.9 cm³/mol. The van der Waals surface area contributed by atoms with Crippen LogP contribution in [-0.2, 0) is 16.0 Å². The van der Waals surface area contributed by atoms with Crippen LogP contribution < -0.4 is 0 Å². The lowest BCUT2D eigenvalue weighted by Gasteiger charge is -2.06. The molecule has 2 rings (SSSR count). The number of carbonyl (C=O) groups excluding carboxylic acids is 1. The van der Waals surface area contributed by atoms with Crippen molar-refractivity contribution in [1.29, 1.82) is 0 Å². The van der Waals surface area contributed by atoms with E-state index in [4.69, 9.17) is 4.74 Å². The number of benzene rings is 1. The molecular weight excluding hydrogens is 164 g/mol. The minimum atomic E-state index is 0.0508. The second kappa shape index (κ2) is 3.71. The van der Waals surface area contributed by atoms with Crippen LogP contribution in [-0.4, -0.2) is 11.9 Å². The van der Waals surface area contributed by atoms with Gasteiger partial charge >= 0.3 is 0 Å². The van der Waals surface area contributed by atoms with Gasteiger partial charge in [-0.25, -0.2) is 0 Å². The van der Waals surface area contributed by atoms with Gasteiger partial charge in [-0.05, 0) is 12.0 Å². The summed E-state index contributed by atoms with van der Waals surface area (Å²) in [5.41, 5.74) is 1.22. The summed E-state index contributed by atoms with van der Waals surface area (Å²) in [6, 6.07) is 10.1. The Morgan fingerprint density at radius 2 is 2.08 bits per heavy atom. The second-order valence-electron chi connectivity index (χ2n) is 3.24. The predicted octanol–water partition coefficient (Wildman–Crippen LogP) is 1.75. The minimum absolute atomic E-state index is 0.0508. The molecule has 0 amide bonds. The van der Waals surface area contributed by atoms with Crippen LogP contribution in [0.15, 0.2) is 30.3 Å². The van der Waals surface area contributed by atoms with Gasteiger partial charge in [0.25, 0.3) is 0 Å². The molecule has 0 aliphatic carbocycles. The average Bonchev–Trinajstić information content (AvgIpc) is 2.53. The number of hydrogen-bond acceptors (Lipinski definition) is 2. The van der Waals surface area contributed by atoms with Crippen LogP contribution in [0, 0.1) is 6.61 Å². The number of Topliss-reactive ketones (excluding diaryl/α,β-unsaturated/α-hetero) is 1. The molecule has 1 saturated heterocycles. The Labute approximate surface area is 77.5 Å². The van der Waals surface area contributed by atoms with Crippen LogP contribution in [0.3, 0.4) is 0 Å². The number of ether oxygens (including phenoxy) is 1. The van der Waals surface area contributed by atoms with E-state index in [-0.39, 0.29) is 11.9 Å². The van der Waals surface area contributed by atoms with Gasteiger partial charge < -0.3 is 4.74 Å². The van der Waals surface area contributed by atoms with Gasteiger partial charge in [-0.3, -0.25) is 4.79 Å². The normalized spacial score (nSPS) is 22.2. The summed E-state index contributed by atoms with van der Waals surface area (Å²) in [4.78, 5) is 10.9. The quantitative estimate of drug-likeness (QED) is 0.684. The van der Waals surface area contributed by atoms with E-state index in [1.54, 1.807) is 0 Å². The Morgan fingerprint density at radius 1 is 1.31 bits per heavy atom. The van der Waals surface area contributed by atoms with Crippen molar-refractivity contribution >= 4 is 5.78 Å². The molecule has 0 aromatic heterocycles. The Balaban J connectivity index is 1.96. The third-order valence-electron chi connectivity index (χ3n) is 2.13. The number of hydrogen-bond donors (Lipinski definition) is 0. The third-order valence-corrected chi connectivity index (χ3v) is 2.13. The second-order valence-corrected chi connectivity index (χ2v) is 3.24. The summed E-state index contributed by atoms with van der Waals surface area (Å²) in [6.45, 7) is 1.33. The van der Waals surface area contributed by atoms with Crippen molar-refractivity contribution in [2.75, 3.05) is 0 Å². The number of ketones is 1. The molecule has 67 valence electrons. The molecule has 1 aromatic carbocycles. The monoisotopic (exact) mass is 175 g/mol. The van der Waals surface area contributed by atoms with Crippen molar-refractivity contribution in [2.24, 2.45) is 0 Å². The fourth-order valence-corrected chi connectivity index (χ4v) is 1.49. The summed E-state index contributed by atoms with van der Waals surface area (Å²) in [6.07, 6.45) is 1.40. The van der Waals surface area contributed by atoms with Crippen LogP contribution in [0.4, 0.5) is 0 Å². The molecule has 2 nitrogen and oxygen atoms in total. The van der Waals surface area contributed by atoms with E-state index < -0.39 is 0 Å². The zero-order valence-corrected chi connectivity index (χ0v) is 7.27. The highest BCUT2D eigenvalue weighted by molar-refractivity contribution is 5.87. The highest BCUT2D eigenvalue weighted by atomic mass is 16.5. The number of rotatable bonds is 2. The van der Waals surface area contributed by atoms with Crippen molar-refractivity contribution < 1.29 is 9.53 Å². The Kier molecular flexibility index (Phi) is 2.41. The van der Waals surface area contributed by atoms with E-state index in [9.17, 15) is 4.79 Å². The first-order valence-electron chi connectivity index (χ1n) is 4.40. The Morgan fingerprint density at radius 3 is 2.69 bits per heavy atom. The molecule has 0 spiro atoms. The lowest BCUT2D eigenvalue weighted by atomic mass is 10.1. The van der Waals surface area contributed by atoms with E-state index >= 15 is 0 Å². The first kappa shape index (κ1) is 8.45. The van der Waals surface area contributed by atoms with E-state index in [0.29, 0.717) is 6.42 Å². The molecular formula is C11H11O2. The molecule has 13 heavy (non-hydrogen) atoms. The fraction of sp³-hybridized carbons (Fsp3) is 0.273. The van der Waals surface area contributed by atoms with Crippen LogP contribution in [0.5, 0.6) is 0 Å². The van der Waals surface area contributed by atoms with Crippen molar-refractivity contribution in [2.45, 2.75) is 18.9 Å². The number of carbonyl (C=O) groups is 1. The standard InChI is InChI=1S/C11H11O2/c12-10-7-11(13-8-10)6-9-4-2-1-3-5-9/h1-5,8,11H,6-7H2. The molecule has 1 aliphatic rings. The van der Waals surface area contributed by atoms with Crippen LogP contribution in [0.1, 0.15) is 12.0 Å². The highest BCUT2D eigenvalue weighted by Gasteiger charge is 2.23. The lowest BCUT2D eigenvalue weighted by Crippen LogP contribution is -2.08. The van der Waals surface area contributed by atoms with Crippen molar-refractivity contribution in [3.8, 4) is 0 Å². The van der Waals surface area contributed by atoms with Crippen molar-refractivity contribution in [1.82, 2.24) is 0 Å². The lowest BCUT2D eigenvalue weighted by molar-refractivity contribution is -0.115. The van der Waals surface area contributed by atoms with E-state index in [1.807, 2.05) is 30.3 Å². The minimum Gasteiger partial charge on any atom is -0.363 e. The molecule has 0 N–H and O–H groups in total. The van der Waals surface area contributed by atoms with E-state index in [2.05, 4.69) is 0 Å². The molecule has 1 radical (unpaired) electrons. The molecule has 1 unspecified atom stereocenters. The molecule has 1 aromatic rings. The molecule has 1 aliphatic heterocycles. The zero-order valence-electron chi connectivity index (χ0n) is 7.27. The SMILES string of the molecule is O=C1[CH]OC(Cc2ccccc2)C1. The Hall–Kier alpha value is -1.15. The van der Waals surface area contributed by atoms with Gasteiger partial charge in [0.1, 0.15) is 6.61 Å². The fourth-order valence-electron chi connectivity index (χ4n) is 1.49. The topological polar surface area (TPSA) is 26.3 Å². The van der Waals surface area contributed by atoms with Crippen LogP contribution in [0.25, 0.3) is 0 Å². The van der Waals surface area contributed by atoms with Crippen molar-refractivity contribution in [3.63, 3.8) is 0 Å². The summed E-state index contributed by atoms with van der Waals surface area (Å²) in [7, 11) is 0. The molecule has 0 bridgehead atoms. The van der Waals surface area contributed by atoms with Gasteiger partial charge in [0.15, 0.2) is 5.78 Å². The van der Waals surface area contributed by atoms with Gasteiger partial charge in [-0.2, -0.15) is 0 Å². The van der Waals surface area contributed by atoms with Crippen molar-refractivity contribution in [3.05, 3.63) is 42.5 Å². The van der Waals surface area contributed by atoms with E-state index in [1.165, 1.54) is 12.2 Å². The van der Waals surface area contributed by atoms with Gasteiger partial charge in [0, 0.05) is 6.42 Å². The maximum Gasteiger partial charge on any atom is 0.167 e. The van der Waals surface area contributed by atoms with E-state index in [0.717, 1.165) is 6.42 Å².